The van der Waals surface area contributed by atoms with Crippen LogP contribution >= 0.6 is 0 Å². The Morgan fingerprint density at radius 2 is 2.04 bits per heavy atom. The summed E-state index contributed by atoms with van der Waals surface area (Å²) in [6, 6.07) is 8.69. The molecular weight excluding hydrogens is 295 g/mol. The predicted octanol–water partition coefficient (Wildman–Crippen LogP) is 2.59. The number of halogens is 1. The summed E-state index contributed by atoms with van der Waals surface area (Å²) in [6.07, 6.45) is 5.23. The summed E-state index contributed by atoms with van der Waals surface area (Å²) in [7, 11) is 1.78. The Kier molecular flexibility index (Phi) is 3.97. The van der Waals surface area contributed by atoms with Crippen LogP contribution in [0.2, 0.25) is 0 Å². The molecule has 0 saturated heterocycles. The fraction of sp³-hybridized carbons (Fsp3) is 0.176. The number of amides is 1. The normalized spacial score (nSPS) is 10.7. The van der Waals surface area contributed by atoms with Crippen molar-refractivity contribution in [3.05, 3.63) is 71.4 Å². The van der Waals surface area contributed by atoms with Gasteiger partial charge in [0.25, 0.3) is 5.91 Å². The Balaban J connectivity index is 1.78. The molecule has 0 radical (unpaired) electrons. The average molecular weight is 312 g/mol. The molecule has 2 heterocycles. The molecule has 23 heavy (non-hydrogen) atoms. The van der Waals surface area contributed by atoms with E-state index in [2.05, 4.69) is 10.4 Å². The van der Waals surface area contributed by atoms with Crippen molar-refractivity contribution in [3.8, 4) is 5.82 Å². The summed E-state index contributed by atoms with van der Waals surface area (Å²) < 4.78 is 17.0. The van der Waals surface area contributed by atoms with Crippen LogP contribution in [0.25, 0.3) is 5.82 Å². The quantitative estimate of drug-likeness (QED) is 0.805. The van der Waals surface area contributed by atoms with Gasteiger partial charge in [-0.15, -0.1) is 0 Å². The molecule has 1 amide bonds. The van der Waals surface area contributed by atoms with Gasteiger partial charge >= 0.3 is 0 Å². The summed E-state index contributed by atoms with van der Waals surface area (Å²) in [5, 5.41) is 6.95. The monoisotopic (exact) mass is 312 g/mol. The maximum atomic E-state index is 13.6. The highest BCUT2D eigenvalue weighted by Gasteiger charge is 2.17. The molecule has 0 aliphatic rings. The van der Waals surface area contributed by atoms with Gasteiger partial charge in [-0.05, 0) is 36.2 Å². The fourth-order valence-electron chi connectivity index (χ4n) is 2.40. The number of nitrogens with one attached hydrogen (secondary N) is 1. The van der Waals surface area contributed by atoms with E-state index in [1.807, 2.05) is 29.1 Å². The third-order valence-corrected chi connectivity index (χ3v) is 3.69. The van der Waals surface area contributed by atoms with Crippen LogP contribution < -0.4 is 5.32 Å². The summed E-state index contributed by atoms with van der Waals surface area (Å²) in [5.74, 6) is 0.163. The van der Waals surface area contributed by atoms with Crippen molar-refractivity contribution in [1.82, 2.24) is 19.7 Å². The van der Waals surface area contributed by atoms with E-state index >= 15 is 0 Å². The number of rotatable bonds is 4. The van der Waals surface area contributed by atoms with E-state index in [1.165, 1.54) is 12.3 Å². The van der Waals surface area contributed by atoms with Crippen LogP contribution in [0.3, 0.4) is 0 Å². The van der Waals surface area contributed by atoms with E-state index in [9.17, 15) is 9.18 Å². The summed E-state index contributed by atoms with van der Waals surface area (Å²) in [4.78, 5) is 12.4. The molecule has 0 bridgehead atoms. The first-order valence-corrected chi connectivity index (χ1v) is 7.25. The van der Waals surface area contributed by atoms with Crippen molar-refractivity contribution in [2.24, 2.45) is 7.05 Å². The highest BCUT2D eigenvalue weighted by Crippen LogP contribution is 2.14. The number of carbonyl (C=O) groups excluding carboxylic acids is 1. The van der Waals surface area contributed by atoms with Gasteiger partial charge < -0.3 is 9.88 Å². The molecule has 0 saturated carbocycles. The van der Waals surface area contributed by atoms with E-state index in [0.717, 1.165) is 0 Å². The molecule has 0 unspecified atom stereocenters. The largest absolute Gasteiger partial charge is 0.348 e. The number of carbonyl (C=O) groups is 1. The molecule has 118 valence electrons. The molecule has 6 heteroatoms. The van der Waals surface area contributed by atoms with Crippen LogP contribution in [-0.2, 0) is 13.6 Å². The van der Waals surface area contributed by atoms with E-state index in [4.69, 9.17) is 0 Å². The van der Waals surface area contributed by atoms with Gasteiger partial charge in [0.05, 0.1) is 6.20 Å². The van der Waals surface area contributed by atoms with E-state index in [-0.39, 0.29) is 18.3 Å². The summed E-state index contributed by atoms with van der Waals surface area (Å²) >= 11 is 0. The van der Waals surface area contributed by atoms with Crippen LogP contribution in [0, 0.1) is 12.7 Å². The zero-order valence-corrected chi connectivity index (χ0v) is 13.0. The first-order chi connectivity index (χ1) is 11.1. The Morgan fingerprint density at radius 3 is 2.74 bits per heavy atom. The van der Waals surface area contributed by atoms with Crippen LogP contribution in [0.5, 0.6) is 0 Å². The zero-order chi connectivity index (χ0) is 16.4. The zero-order valence-electron chi connectivity index (χ0n) is 13.0. The lowest BCUT2D eigenvalue weighted by Crippen LogP contribution is -2.24. The molecule has 3 rings (SSSR count). The third kappa shape index (κ3) is 3.01. The third-order valence-electron chi connectivity index (χ3n) is 3.69. The van der Waals surface area contributed by atoms with Crippen molar-refractivity contribution in [2.75, 3.05) is 0 Å². The number of hydrogen-bond donors (Lipinski definition) is 1. The first kappa shape index (κ1) is 15.0. The molecule has 2 aromatic heterocycles. The van der Waals surface area contributed by atoms with Crippen molar-refractivity contribution in [2.45, 2.75) is 13.5 Å². The van der Waals surface area contributed by atoms with E-state index in [0.29, 0.717) is 22.5 Å². The molecule has 0 atom stereocenters. The average Bonchev–Trinajstić information content (AvgIpc) is 3.17. The minimum Gasteiger partial charge on any atom is -0.348 e. The van der Waals surface area contributed by atoms with Crippen molar-refractivity contribution >= 4 is 5.91 Å². The highest BCUT2D eigenvalue weighted by molar-refractivity contribution is 5.97. The second-order valence-corrected chi connectivity index (χ2v) is 5.36. The molecule has 5 nitrogen and oxygen atoms in total. The van der Waals surface area contributed by atoms with Crippen LogP contribution in [0.1, 0.15) is 21.5 Å². The number of benzene rings is 1. The van der Waals surface area contributed by atoms with Gasteiger partial charge in [-0.3, -0.25) is 9.48 Å². The molecule has 3 aromatic rings. The molecule has 1 N–H and O–H groups in total. The Hall–Kier alpha value is -2.89. The topological polar surface area (TPSA) is 51.9 Å². The minimum atomic E-state index is -0.272. The van der Waals surface area contributed by atoms with Crippen LogP contribution in [0.4, 0.5) is 4.39 Å². The Labute approximate surface area is 133 Å². The predicted molar refractivity (Wildman–Crippen MR) is 84.8 cm³/mol. The molecule has 1 aromatic carbocycles. The second kappa shape index (κ2) is 6.08. The molecule has 0 aliphatic carbocycles. The Morgan fingerprint density at radius 1 is 1.30 bits per heavy atom. The number of aryl methyl sites for hydroxylation is 2. The van der Waals surface area contributed by atoms with Crippen molar-refractivity contribution in [3.63, 3.8) is 0 Å². The smallest absolute Gasteiger partial charge is 0.256 e. The fourth-order valence-corrected chi connectivity index (χ4v) is 2.40. The lowest BCUT2D eigenvalue weighted by Gasteiger charge is -2.09. The molecule has 0 spiro atoms. The van der Waals surface area contributed by atoms with Gasteiger partial charge in [0.15, 0.2) is 0 Å². The van der Waals surface area contributed by atoms with Crippen molar-refractivity contribution < 1.29 is 9.18 Å². The van der Waals surface area contributed by atoms with Crippen molar-refractivity contribution in [1.29, 1.82) is 0 Å². The first-order valence-electron chi connectivity index (χ1n) is 7.25. The minimum absolute atomic E-state index is 0.247. The number of hydrogen-bond acceptors (Lipinski definition) is 2. The van der Waals surface area contributed by atoms with E-state index < -0.39 is 0 Å². The van der Waals surface area contributed by atoms with Gasteiger partial charge in [-0.1, -0.05) is 12.1 Å². The van der Waals surface area contributed by atoms with Gasteiger partial charge in [0, 0.05) is 26.0 Å². The lowest BCUT2D eigenvalue weighted by atomic mass is 10.1. The number of nitrogens with zero attached hydrogens (tertiary/aromatic N) is 3. The van der Waals surface area contributed by atoms with E-state index in [1.54, 1.807) is 30.8 Å². The molecule has 0 fully saturated rings. The van der Waals surface area contributed by atoms with Gasteiger partial charge in [-0.25, -0.2) is 4.39 Å². The maximum absolute atomic E-state index is 13.6. The second-order valence-electron chi connectivity index (χ2n) is 5.36. The summed E-state index contributed by atoms with van der Waals surface area (Å²) in [5.41, 5.74) is 1.77. The van der Waals surface area contributed by atoms with Crippen LogP contribution in [-0.4, -0.2) is 20.3 Å². The van der Waals surface area contributed by atoms with Gasteiger partial charge in [-0.2, -0.15) is 5.10 Å². The maximum Gasteiger partial charge on any atom is 0.256 e. The summed E-state index contributed by atoms with van der Waals surface area (Å²) in [6.45, 7) is 1.97. The van der Waals surface area contributed by atoms with Gasteiger partial charge in [0.2, 0.25) is 0 Å². The standard InChI is InChI=1S/C17H17FN4O/c1-12-5-6-13(9-15(12)18)10-19-16(23)14-11-20-21(2)17(14)22-7-3-4-8-22/h3-9,11H,10H2,1-2H3,(H,19,23). The van der Waals surface area contributed by atoms with Gasteiger partial charge in [0.1, 0.15) is 17.2 Å². The van der Waals surface area contributed by atoms with Crippen LogP contribution in [0.15, 0.2) is 48.9 Å². The molecule has 0 aliphatic heterocycles. The SMILES string of the molecule is Cc1ccc(CNC(=O)c2cnn(C)c2-n2cccc2)cc1F. The number of aromatic nitrogens is 3. The highest BCUT2D eigenvalue weighted by atomic mass is 19.1. The lowest BCUT2D eigenvalue weighted by molar-refractivity contribution is 0.0950. The Bertz CT molecular complexity index is 836. The molecular formula is C17H17FN4O.